The summed E-state index contributed by atoms with van der Waals surface area (Å²) in [6.45, 7) is 5.02. The number of ether oxygens (including phenoxy) is 2. The first-order valence-corrected chi connectivity index (χ1v) is 13.4. The summed E-state index contributed by atoms with van der Waals surface area (Å²) in [6.07, 6.45) is 0. The molecule has 0 spiro atoms. The van der Waals surface area contributed by atoms with Crippen LogP contribution in [-0.4, -0.2) is 39.5 Å². The number of benzene rings is 3. The van der Waals surface area contributed by atoms with Crippen molar-refractivity contribution in [2.45, 2.75) is 31.7 Å². The number of nitrogens with one attached hydrogen (secondary N) is 1. The first kappa shape index (κ1) is 28.7. The highest BCUT2D eigenvalue weighted by atomic mass is 35.5. The van der Waals surface area contributed by atoms with E-state index in [-0.39, 0.29) is 27.0 Å². The van der Waals surface area contributed by atoms with Gasteiger partial charge in [0.15, 0.2) is 0 Å². The van der Waals surface area contributed by atoms with E-state index in [2.05, 4.69) is 5.32 Å². The molecule has 0 fully saturated rings. The number of carbonyl (C=O) groups excluding carboxylic acids is 1. The standard InChI is InChI=1S/C26H28ClN3O7S/c1-5-37-21-10-7-19(8-11-21)18(3)28-26(31)16-29(24-14-20(27)9-13-25(24)36-4)38(34,35)22-12-6-17(2)23(15-22)30(32)33/h6-15,18H,5,16H2,1-4H3,(H,28,31). The maximum atomic E-state index is 13.8. The molecule has 0 saturated heterocycles. The van der Waals surface area contributed by atoms with Crippen molar-refractivity contribution in [3.63, 3.8) is 0 Å². The van der Waals surface area contributed by atoms with Crippen LogP contribution in [0.15, 0.2) is 65.6 Å². The fraction of sp³-hybridized carbons (Fsp3) is 0.269. The molecule has 1 unspecified atom stereocenters. The van der Waals surface area contributed by atoms with Gasteiger partial charge < -0.3 is 14.8 Å². The summed E-state index contributed by atoms with van der Waals surface area (Å²) in [4.78, 5) is 23.6. The van der Waals surface area contributed by atoms with E-state index in [0.717, 1.165) is 15.9 Å². The fourth-order valence-corrected chi connectivity index (χ4v) is 5.36. The van der Waals surface area contributed by atoms with Gasteiger partial charge in [-0.1, -0.05) is 29.8 Å². The average molecular weight is 562 g/mol. The van der Waals surface area contributed by atoms with Crippen LogP contribution in [0.3, 0.4) is 0 Å². The summed E-state index contributed by atoms with van der Waals surface area (Å²) in [5.41, 5.74) is 0.721. The van der Waals surface area contributed by atoms with E-state index in [9.17, 15) is 23.3 Å². The van der Waals surface area contributed by atoms with Gasteiger partial charge in [0.2, 0.25) is 5.91 Å². The van der Waals surface area contributed by atoms with E-state index in [1.165, 1.54) is 44.4 Å². The van der Waals surface area contributed by atoms with Gasteiger partial charge >= 0.3 is 0 Å². The molecule has 1 atom stereocenters. The summed E-state index contributed by atoms with van der Waals surface area (Å²) >= 11 is 6.16. The van der Waals surface area contributed by atoms with Crippen molar-refractivity contribution in [3.05, 3.63) is 86.9 Å². The Morgan fingerprint density at radius 2 is 1.82 bits per heavy atom. The molecule has 3 rings (SSSR count). The van der Waals surface area contributed by atoms with E-state index < -0.39 is 33.4 Å². The summed E-state index contributed by atoms with van der Waals surface area (Å²) in [7, 11) is -3.12. The molecule has 0 aliphatic rings. The molecule has 3 aromatic rings. The minimum Gasteiger partial charge on any atom is -0.495 e. The second-order valence-corrected chi connectivity index (χ2v) is 10.6. The van der Waals surface area contributed by atoms with Crippen LogP contribution in [0.5, 0.6) is 11.5 Å². The summed E-state index contributed by atoms with van der Waals surface area (Å²) in [6, 6.07) is 14.6. The molecule has 0 saturated carbocycles. The van der Waals surface area contributed by atoms with E-state index in [0.29, 0.717) is 17.9 Å². The van der Waals surface area contributed by atoms with E-state index in [1.54, 1.807) is 31.2 Å². The first-order valence-electron chi connectivity index (χ1n) is 11.6. The first-order chi connectivity index (χ1) is 18.0. The molecular formula is C26H28ClN3O7S. The second-order valence-electron chi connectivity index (χ2n) is 8.32. The molecule has 0 bridgehead atoms. The van der Waals surface area contributed by atoms with Crippen LogP contribution in [0.1, 0.15) is 31.0 Å². The van der Waals surface area contributed by atoms with E-state index in [4.69, 9.17) is 21.1 Å². The second kappa shape index (κ2) is 12.1. The maximum Gasteiger partial charge on any atom is 0.273 e. The number of rotatable bonds is 11. The number of sulfonamides is 1. The number of hydrogen-bond acceptors (Lipinski definition) is 7. The summed E-state index contributed by atoms with van der Waals surface area (Å²) in [5.74, 6) is 0.220. The molecule has 0 aliphatic carbocycles. The monoisotopic (exact) mass is 561 g/mol. The Balaban J connectivity index is 1.99. The lowest BCUT2D eigenvalue weighted by molar-refractivity contribution is -0.385. The lowest BCUT2D eigenvalue weighted by Crippen LogP contribution is -2.41. The molecule has 12 heteroatoms. The van der Waals surface area contributed by atoms with E-state index in [1.807, 2.05) is 6.92 Å². The lowest BCUT2D eigenvalue weighted by Gasteiger charge is -2.26. The molecular weight excluding hydrogens is 534 g/mol. The predicted octanol–water partition coefficient (Wildman–Crippen LogP) is 5.04. The summed E-state index contributed by atoms with van der Waals surface area (Å²) < 4.78 is 39.2. The number of nitrogens with zero attached hydrogens (tertiary/aromatic N) is 2. The summed E-state index contributed by atoms with van der Waals surface area (Å²) in [5, 5.41) is 14.5. The van der Waals surface area contributed by atoms with E-state index >= 15 is 0 Å². The van der Waals surface area contributed by atoms with Crippen LogP contribution in [-0.2, 0) is 14.8 Å². The van der Waals surface area contributed by atoms with Gasteiger partial charge in [0.25, 0.3) is 15.7 Å². The number of methoxy groups -OCH3 is 1. The zero-order valence-electron chi connectivity index (χ0n) is 21.3. The van der Waals surface area contributed by atoms with Crippen molar-refractivity contribution in [2.24, 2.45) is 0 Å². The zero-order valence-corrected chi connectivity index (χ0v) is 22.9. The molecule has 0 aliphatic heterocycles. The van der Waals surface area contributed by atoms with Crippen molar-refractivity contribution >= 4 is 38.9 Å². The molecule has 202 valence electrons. The van der Waals surface area contributed by atoms with Gasteiger partial charge in [-0.3, -0.25) is 19.2 Å². The number of hydrogen-bond donors (Lipinski definition) is 1. The third kappa shape index (κ3) is 6.53. The molecule has 1 N–H and O–H groups in total. The Morgan fingerprint density at radius 1 is 1.13 bits per heavy atom. The molecule has 0 aromatic heterocycles. The molecule has 3 aromatic carbocycles. The van der Waals surface area contributed by atoms with Crippen molar-refractivity contribution in [3.8, 4) is 11.5 Å². The highest BCUT2D eigenvalue weighted by Gasteiger charge is 2.31. The minimum absolute atomic E-state index is 0.00657. The third-order valence-electron chi connectivity index (χ3n) is 5.73. The van der Waals surface area contributed by atoms with Gasteiger partial charge in [0, 0.05) is 16.7 Å². The van der Waals surface area contributed by atoms with Crippen LogP contribution < -0.4 is 19.1 Å². The largest absolute Gasteiger partial charge is 0.495 e. The number of aryl methyl sites for hydroxylation is 1. The highest BCUT2D eigenvalue weighted by molar-refractivity contribution is 7.92. The Hall–Kier alpha value is -3.83. The molecule has 38 heavy (non-hydrogen) atoms. The SMILES string of the molecule is CCOc1ccc(C(C)NC(=O)CN(c2cc(Cl)ccc2OC)S(=O)(=O)c2ccc(C)c([N+](=O)[O-])c2)cc1. The van der Waals surface area contributed by atoms with Crippen molar-refractivity contribution in [1.82, 2.24) is 5.32 Å². The normalized spacial score (nSPS) is 11.9. The van der Waals surface area contributed by atoms with Crippen molar-refractivity contribution < 1.29 is 27.6 Å². The van der Waals surface area contributed by atoms with Crippen LogP contribution in [0, 0.1) is 17.0 Å². The van der Waals surface area contributed by atoms with Crippen LogP contribution in [0.25, 0.3) is 0 Å². The third-order valence-corrected chi connectivity index (χ3v) is 7.72. The van der Waals surface area contributed by atoms with Crippen LogP contribution in [0.4, 0.5) is 11.4 Å². The van der Waals surface area contributed by atoms with Gasteiger partial charge in [-0.05, 0) is 62.7 Å². The number of nitro benzene ring substituents is 1. The number of anilines is 1. The highest BCUT2D eigenvalue weighted by Crippen LogP contribution is 2.35. The molecule has 0 heterocycles. The smallest absolute Gasteiger partial charge is 0.273 e. The molecule has 10 nitrogen and oxygen atoms in total. The Kier molecular flexibility index (Phi) is 9.18. The minimum atomic E-state index is -4.47. The number of amides is 1. The van der Waals surface area contributed by atoms with Gasteiger partial charge in [0.05, 0.1) is 35.3 Å². The zero-order chi connectivity index (χ0) is 28.0. The Morgan fingerprint density at radius 3 is 2.42 bits per heavy atom. The van der Waals surface area contributed by atoms with Crippen molar-refractivity contribution in [2.75, 3.05) is 24.6 Å². The average Bonchev–Trinajstić information content (AvgIpc) is 2.87. The lowest BCUT2D eigenvalue weighted by atomic mass is 10.1. The van der Waals surface area contributed by atoms with Crippen LogP contribution in [0.2, 0.25) is 5.02 Å². The Labute approximate surface area is 226 Å². The number of carbonyl (C=O) groups is 1. The van der Waals surface area contributed by atoms with Crippen LogP contribution >= 0.6 is 11.6 Å². The molecule has 0 radical (unpaired) electrons. The topological polar surface area (TPSA) is 128 Å². The predicted molar refractivity (Wildman–Crippen MR) is 145 cm³/mol. The van der Waals surface area contributed by atoms with Gasteiger partial charge in [-0.25, -0.2) is 8.42 Å². The number of halogens is 1. The maximum absolute atomic E-state index is 13.8. The Bertz CT molecular complexity index is 1430. The van der Waals surface area contributed by atoms with Gasteiger partial charge in [-0.2, -0.15) is 0 Å². The quantitative estimate of drug-likeness (QED) is 0.256. The van der Waals surface area contributed by atoms with Gasteiger partial charge in [-0.15, -0.1) is 0 Å². The van der Waals surface area contributed by atoms with Crippen molar-refractivity contribution in [1.29, 1.82) is 0 Å². The fourth-order valence-electron chi connectivity index (χ4n) is 3.75. The number of nitro groups is 1. The van der Waals surface area contributed by atoms with Gasteiger partial charge in [0.1, 0.15) is 18.0 Å². The molecule has 1 amide bonds.